The van der Waals surface area contributed by atoms with Gasteiger partial charge in [0.15, 0.2) is 0 Å². The number of anilines is 1. The van der Waals surface area contributed by atoms with E-state index in [0.29, 0.717) is 5.95 Å². The van der Waals surface area contributed by atoms with Gasteiger partial charge in [-0.05, 0) is 16.7 Å². The highest BCUT2D eigenvalue weighted by Crippen LogP contribution is 2.23. The Bertz CT molecular complexity index is 659. The third-order valence-corrected chi connectivity index (χ3v) is 3.00. The molecule has 2 aromatic carbocycles. The lowest BCUT2D eigenvalue weighted by molar-refractivity contribution is 1.19. The molecule has 1 aromatic heterocycles. The lowest BCUT2D eigenvalue weighted by Crippen LogP contribution is -1.93. The number of aromatic nitrogens is 2. The molecule has 3 rings (SSSR count). The summed E-state index contributed by atoms with van der Waals surface area (Å²) in [6.45, 7) is 0. The maximum atomic E-state index is 5.48. The first-order chi connectivity index (χ1) is 9.33. The quantitative estimate of drug-likeness (QED) is 0.755. The van der Waals surface area contributed by atoms with Gasteiger partial charge >= 0.3 is 0 Å². The largest absolute Gasteiger partial charge is 0.368 e. The minimum Gasteiger partial charge on any atom is -0.368 e. The van der Waals surface area contributed by atoms with E-state index in [9.17, 15) is 0 Å². The molecule has 0 aliphatic carbocycles. The van der Waals surface area contributed by atoms with Gasteiger partial charge in [-0.2, -0.15) is 0 Å². The van der Waals surface area contributed by atoms with Gasteiger partial charge in [0.25, 0.3) is 0 Å². The zero-order valence-electron chi connectivity index (χ0n) is 10.3. The molecule has 3 nitrogen and oxygen atoms in total. The molecule has 1 heterocycles. The van der Waals surface area contributed by atoms with Crippen molar-refractivity contribution in [3.8, 4) is 22.3 Å². The minimum atomic E-state index is 0.296. The summed E-state index contributed by atoms with van der Waals surface area (Å²) < 4.78 is 0. The van der Waals surface area contributed by atoms with Crippen molar-refractivity contribution in [3.63, 3.8) is 0 Å². The van der Waals surface area contributed by atoms with Crippen molar-refractivity contribution in [2.45, 2.75) is 0 Å². The molecular weight excluding hydrogens is 234 g/mol. The van der Waals surface area contributed by atoms with Crippen molar-refractivity contribution in [1.82, 2.24) is 9.97 Å². The summed E-state index contributed by atoms with van der Waals surface area (Å²) in [6, 6.07) is 18.6. The Morgan fingerprint density at radius 2 is 1.05 bits per heavy atom. The molecule has 0 saturated carbocycles. The molecule has 0 spiro atoms. The van der Waals surface area contributed by atoms with Gasteiger partial charge in [-0.25, -0.2) is 9.97 Å². The first kappa shape index (κ1) is 11.4. The van der Waals surface area contributed by atoms with Crippen molar-refractivity contribution in [2.75, 3.05) is 5.73 Å². The fourth-order valence-electron chi connectivity index (χ4n) is 1.97. The Morgan fingerprint density at radius 3 is 1.63 bits per heavy atom. The van der Waals surface area contributed by atoms with Crippen molar-refractivity contribution >= 4 is 5.95 Å². The second kappa shape index (κ2) is 4.90. The summed E-state index contributed by atoms with van der Waals surface area (Å²) in [4.78, 5) is 8.01. The smallest absolute Gasteiger partial charge is 0.219 e. The number of nitrogens with zero attached hydrogens (tertiary/aromatic N) is 2. The number of nitrogen functional groups attached to an aromatic ring is 1. The van der Waals surface area contributed by atoms with Gasteiger partial charge in [0.2, 0.25) is 5.95 Å². The predicted molar refractivity (Wildman–Crippen MR) is 77.3 cm³/mol. The third-order valence-electron chi connectivity index (χ3n) is 3.00. The number of hydrogen-bond donors (Lipinski definition) is 1. The van der Waals surface area contributed by atoms with Gasteiger partial charge in [-0.1, -0.05) is 54.6 Å². The van der Waals surface area contributed by atoms with Gasteiger partial charge in [-0.3, -0.25) is 0 Å². The average Bonchev–Trinajstić information content (AvgIpc) is 2.49. The van der Waals surface area contributed by atoms with Crippen molar-refractivity contribution in [3.05, 3.63) is 67.0 Å². The molecule has 0 radical (unpaired) electrons. The van der Waals surface area contributed by atoms with Gasteiger partial charge in [0.05, 0.1) is 0 Å². The van der Waals surface area contributed by atoms with E-state index in [1.54, 1.807) is 12.4 Å². The Labute approximate surface area is 111 Å². The summed E-state index contributed by atoms with van der Waals surface area (Å²) in [7, 11) is 0. The third kappa shape index (κ3) is 2.45. The van der Waals surface area contributed by atoms with E-state index < -0.39 is 0 Å². The Balaban J connectivity index is 1.93. The maximum Gasteiger partial charge on any atom is 0.219 e. The van der Waals surface area contributed by atoms with Crippen LogP contribution in [0.1, 0.15) is 0 Å². The lowest BCUT2D eigenvalue weighted by Gasteiger charge is -2.04. The summed E-state index contributed by atoms with van der Waals surface area (Å²) in [5, 5.41) is 0. The second-order valence-electron chi connectivity index (χ2n) is 4.27. The number of hydrogen-bond acceptors (Lipinski definition) is 3. The fourth-order valence-corrected chi connectivity index (χ4v) is 1.97. The van der Waals surface area contributed by atoms with E-state index in [0.717, 1.165) is 11.1 Å². The molecule has 0 aliphatic heterocycles. The van der Waals surface area contributed by atoms with Crippen molar-refractivity contribution in [2.24, 2.45) is 0 Å². The highest BCUT2D eigenvalue weighted by atomic mass is 15.0. The van der Waals surface area contributed by atoms with Crippen LogP contribution in [0.15, 0.2) is 67.0 Å². The minimum absolute atomic E-state index is 0.296. The Morgan fingerprint density at radius 1 is 0.579 bits per heavy atom. The summed E-state index contributed by atoms with van der Waals surface area (Å²) in [6.07, 6.45) is 3.47. The second-order valence-corrected chi connectivity index (χ2v) is 4.27. The highest BCUT2D eigenvalue weighted by Gasteiger charge is 2.00. The normalized spacial score (nSPS) is 10.3. The Hall–Kier alpha value is -2.68. The van der Waals surface area contributed by atoms with Crippen LogP contribution in [0, 0.1) is 0 Å². The molecule has 0 atom stereocenters. The monoisotopic (exact) mass is 247 g/mol. The standard InChI is InChI=1S/C16H13N3/c17-16-18-10-15(11-19-16)14-8-6-13(7-9-14)12-4-2-1-3-5-12/h1-11H,(H2,17,18,19). The Kier molecular flexibility index (Phi) is 2.94. The van der Waals surface area contributed by atoms with Crippen LogP contribution in [0.5, 0.6) is 0 Å². The molecule has 0 saturated heterocycles. The average molecular weight is 247 g/mol. The first-order valence-electron chi connectivity index (χ1n) is 6.06. The molecule has 3 heteroatoms. The molecule has 2 N–H and O–H groups in total. The predicted octanol–water partition coefficient (Wildman–Crippen LogP) is 3.39. The summed E-state index contributed by atoms with van der Waals surface area (Å²) in [5.41, 5.74) is 9.94. The van der Waals surface area contributed by atoms with E-state index in [4.69, 9.17) is 5.73 Å². The molecule has 3 aromatic rings. The lowest BCUT2D eigenvalue weighted by atomic mass is 10.0. The summed E-state index contributed by atoms with van der Waals surface area (Å²) >= 11 is 0. The van der Waals surface area contributed by atoms with Gasteiger partial charge < -0.3 is 5.73 Å². The van der Waals surface area contributed by atoms with E-state index in [2.05, 4.69) is 46.4 Å². The van der Waals surface area contributed by atoms with Gasteiger partial charge in [0, 0.05) is 18.0 Å². The van der Waals surface area contributed by atoms with E-state index in [1.807, 2.05) is 18.2 Å². The molecular formula is C16H13N3. The van der Waals surface area contributed by atoms with E-state index in [1.165, 1.54) is 11.1 Å². The van der Waals surface area contributed by atoms with Crippen molar-refractivity contribution in [1.29, 1.82) is 0 Å². The molecule has 0 unspecified atom stereocenters. The zero-order valence-corrected chi connectivity index (χ0v) is 10.3. The van der Waals surface area contributed by atoms with Crippen molar-refractivity contribution < 1.29 is 0 Å². The number of rotatable bonds is 2. The zero-order chi connectivity index (χ0) is 13.1. The molecule has 0 aliphatic rings. The molecule has 19 heavy (non-hydrogen) atoms. The topological polar surface area (TPSA) is 51.8 Å². The summed E-state index contributed by atoms with van der Waals surface area (Å²) in [5.74, 6) is 0.296. The molecule has 0 bridgehead atoms. The van der Waals surface area contributed by atoms with Crippen LogP contribution in [-0.4, -0.2) is 9.97 Å². The van der Waals surface area contributed by atoms with Crippen LogP contribution < -0.4 is 5.73 Å². The van der Waals surface area contributed by atoms with Crippen LogP contribution in [-0.2, 0) is 0 Å². The van der Waals surface area contributed by atoms with Gasteiger partial charge in [0.1, 0.15) is 0 Å². The maximum absolute atomic E-state index is 5.48. The number of nitrogens with two attached hydrogens (primary N) is 1. The van der Waals surface area contributed by atoms with Gasteiger partial charge in [-0.15, -0.1) is 0 Å². The molecule has 0 amide bonds. The fraction of sp³-hybridized carbons (Fsp3) is 0. The number of benzene rings is 2. The van der Waals surface area contributed by atoms with Crippen LogP contribution >= 0.6 is 0 Å². The van der Waals surface area contributed by atoms with E-state index in [-0.39, 0.29) is 0 Å². The molecule has 92 valence electrons. The van der Waals surface area contributed by atoms with E-state index >= 15 is 0 Å². The van der Waals surface area contributed by atoms with Crippen LogP contribution in [0.2, 0.25) is 0 Å². The van der Waals surface area contributed by atoms with Crippen LogP contribution in [0.4, 0.5) is 5.95 Å². The van der Waals surface area contributed by atoms with Crippen LogP contribution in [0.25, 0.3) is 22.3 Å². The highest BCUT2D eigenvalue weighted by molar-refractivity contribution is 5.69. The van der Waals surface area contributed by atoms with Crippen LogP contribution in [0.3, 0.4) is 0 Å². The first-order valence-corrected chi connectivity index (χ1v) is 6.06. The SMILES string of the molecule is Nc1ncc(-c2ccc(-c3ccccc3)cc2)cn1. The molecule has 0 fully saturated rings.